The van der Waals surface area contributed by atoms with Gasteiger partial charge >= 0.3 is 0 Å². The highest BCUT2D eigenvalue weighted by Crippen LogP contribution is 2.42. The Morgan fingerprint density at radius 1 is 1.48 bits per heavy atom. The van der Waals surface area contributed by atoms with Gasteiger partial charge in [-0.2, -0.15) is 5.10 Å². The first-order chi connectivity index (χ1) is 10.1. The van der Waals surface area contributed by atoms with E-state index < -0.39 is 0 Å². The van der Waals surface area contributed by atoms with Gasteiger partial charge in [-0.05, 0) is 39.0 Å². The van der Waals surface area contributed by atoms with Gasteiger partial charge < -0.3 is 10.4 Å². The molecule has 1 aromatic rings. The van der Waals surface area contributed by atoms with Gasteiger partial charge in [-0.15, -0.1) is 0 Å². The zero-order valence-electron chi connectivity index (χ0n) is 13.3. The van der Waals surface area contributed by atoms with E-state index in [0.717, 1.165) is 31.4 Å². The predicted molar refractivity (Wildman–Crippen MR) is 82.5 cm³/mol. The number of aliphatic hydroxyl groups is 1. The van der Waals surface area contributed by atoms with Crippen molar-refractivity contribution < 1.29 is 9.90 Å². The number of carbonyl (C=O) groups is 1. The Morgan fingerprint density at radius 2 is 2.19 bits per heavy atom. The summed E-state index contributed by atoms with van der Waals surface area (Å²) in [6, 6.07) is 0.350. The topological polar surface area (TPSA) is 67.2 Å². The number of rotatable bonds is 8. The van der Waals surface area contributed by atoms with Gasteiger partial charge in [0.1, 0.15) is 0 Å². The first-order valence-corrected chi connectivity index (χ1v) is 8.11. The quantitative estimate of drug-likeness (QED) is 0.774. The predicted octanol–water partition coefficient (Wildman–Crippen LogP) is 2.62. The van der Waals surface area contributed by atoms with Crippen molar-refractivity contribution in [3.63, 3.8) is 0 Å². The molecule has 5 nitrogen and oxygen atoms in total. The van der Waals surface area contributed by atoms with Crippen molar-refractivity contribution in [2.75, 3.05) is 6.61 Å². The van der Waals surface area contributed by atoms with Crippen LogP contribution in [0.5, 0.6) is 0 Å². The van der Waals surface area contributed by atoms with Crippen LogP contribution in [0, 0.1) is 0 Å². The molecular weight excluding hydrogens is 266 g/mol. The monoisotopic (exact) mass is 293 g/mol. The minimum absolute atomic E-state index is 0.0292. The third-order valence-electron chi connectivity index (χ3n) is 4.36. The van der Waals surface area contributed by atoms with E-state index in [9.17, 15) is 4.79 Å². The average Bonchev–Trinajstić information content (AvgIpc) is 3.23. The van der Waals surface area contributed by atoms with Crippen LogP contribution < -0.4 is 5.32 Å². The van der Waals surface area contributed by atoms with Gasteiger partial charge in [-0.3, -0.25) is 9.48 Å². The van der Waals surface area contributed by atoms with Crippen molar-refractivity contribution in [2.45, 2.75) is 70.9 Å². The average molecular weight is 293 g/mol. The SMILES string of the molecule is CCC(CCO)NC(=O)c1cnn(C(C)CC)c1C1CC1. The standard InChI is InChI=1S/C16H27N3O2/c1-4-11(3)19-15(12-6-7-12)14(10-17-19)16(21)18-13(5-2)8-9-20/h10-13,20H,4-9H2,1-3H3,(H,18,21). The maximum absolute atomic E-state index is 12.5. The summed E-state index contributed by atoms with van der Waals surface area (Å²) in [5.41, 5.74) is 1.81. The summed E-state index contributed by atoms with van der Waals surface area (Å²) >= 11 is 0. The summed E-state index contributed by atoms with van der Waals surface area (Å²) in [4.78, 5) is 12.5. The van der Waals surface area contributed by atoms with Gasteiger partial charge in [0.25, 0.3) is 5.91 Å². The smallest absolute Gasteiger partial charge is 0.254 e. The number of nitrogens with one attached hydrogen (secondary N) is 1. The second-order valence-corrected chi connectivity index (χ2v) is 6.01. The lowest BCUT2D eigenvalue weighted by Gasteiger charge is -2.17. The molecule has 1 fully saturated rings. The molecule has 1 aliphatic carbocycles. The Labute approximate surface area is 126 Å². The number of carbonyl (C=O) groups excluding carboxylic acids is 1. The van der Waals surface area contributed by atoms with E-state index in [1.54, 1.807) is 6.20 Å². The maximum atomic E-state index is 12.5. The molecule has 1 aliphatic rings. The number of hydrogen-bond acceptors (Lipinski definition) is 3. The zero-order valence-corrected chi connectivity index (χ0v) is 13.3. The third-order valence-corrected chi connectivity index (χ3v) is 4.36. The van der Waals surface area contributed by atoms with Crippen LogP contribution in [0.3, 0.4) is 0 Å². The van der Waals surface area contributed by atoms with Crippen molar-refractivity contribution in [1.29, 1.82) is 0 Å². The van der Waals surface area contributed by atoms with Gasteiger partial charge in [-0.25, -0.2) is 0 Å². The summed E-state index contributed by atoms with van der Waals surface area (Å²) in [7, 11) is 0. The van der Waals surface area contributed by atoms with Crippen LogP contribution >= 0.6 is 0 Å². The second-order valence-electron chi connectivity index (χ2n) is 6.01. The number of aromatic nitrogens is 2. The van der Waals surface area contributed by atoms with Crippen molar-refractivity contribution in [1.82, 2.24) is 15.1 Å². The van der Waals surface area contributed by atoms with E-state index in [1.165, 1.54) is 0 Å². The number of aliphatic hydroxyl groups excluding tert-OH is 1. The fraction of sp³-hybridized carbons (Fsp3) is 0.750. The number of amides is 1. The Morgan fingerprint density at radius 3 is 2.71 bits per heavy atom. The van der Waals surface area contributed by atoms with Crippen molar-refractivity contribution >= 4 is 5.91 Å². The van der Waals surface area contributed by atoms with Crippen LogP contribution in [-0.2, 0) is 0 Å². The minimum atomic E-state index is -0.0493. The van der Waals surface area contributed by atoms with Crippen molar-refractivity contribution in [2.24, 2.45) is 0 Å². The Bertz CT molecular complexity index is 480. The van der Waals surface area contributed by atoms with Crippen molar-refractivity contribution in [3.8, 4) is 0 Å². The van der Waals surface area contributed by atoms with E-state index in [0.29, 0.717) is 23.9 Å². The molecule has 1 saturated carbocycles. The lowest BCUT2D eigenvalue weighted by molar-refractivity contribution is 0.0928. The fourth-order valence-corrected chi connectivity index (χ4v) is 2.63. The molecule has 0 spiro atoms. The molecule has 2 N–H and O–H groups in total. The van der Waals surface area contributed by atoms with E-state index in [1.807, 2.05) is 11.6 Å². The van der Waals surface area contributed by atoms with Crippen LogP contribution in [0.1, 0.15) is 80.9 Å². The summed E-state index contributed by atoms with van der Waals surface area (Å²) in [6.45, 7) is 6.39. The van der Waals surface area contributed by atoms with E-state index in [-0.39, 0.29) is 18.6 Å². The number of nitrogens with zero attached hydrogens (tertiary/aromatic N) is 2. The lowest BCUT2D eigenvalue weighted by Crippen LogP contribution is -2.35. The van der Waals surface area contributed by atoms with Crippen LogP contribution in [0.2, 0.25) is 0 Å². The molecule has 0 aliphatic heterocycles. The molecule has 5 heteroatoms. The second kappa shape index (κ2) is 7.07. The van der Waals surface area contributed by atoms with E-state index in [2.05, 4.69) is 24.3 Å². The first kappa shape index (κ1) is 16.0. The normalized spacial score (nSPS) is 17.5. The molecule has 0 bridgehead atoms. The number of hydrogen-bond donors (Lipinski definition) is 2. The minimum Gasteiger partial charge on any atom is -0.396 e. The molecule has 1 heterocycles. The zero-order chi connectivity index (χ0) is 15.4. The van der Waals surface area contributed by atoms with Crippen LogP contribution in [0.4, 0.5) is 0 Å². The Kier molecular flexibility index (Phi) is 5.39. The molecule has 0 saturated heterocycles. The molecular formula is C16H27N3O2. The molecule has 118 valence electrons. The van der Waals surface area contributed by atoms with E-state index >= 15 is 0 Å². The van der Waals surface area contributed by atoms with Crippen molar-refractivity contribution in [3.05, 3.63) is 17.5 Å². The largest absolute Gasteiger partial charge is 0.396 e. The molecule has 2 unspecified atom stereocenters. The van der Waals surface area contributed by atoms with Gasteiger partial charge in [0, 0.05) is 24.6 Å². The first-order valence-electron chi connectivity index (χ1n) is 8.11. The Balaban J connectivity index is 2.19. The van der Waals surface area contributed by atoms with Gasteiger partial charge in [0.05, 0.1) is 17.5 Å². The van der Waals surface area contributed by atoms with Gasteiger partial charge in [-0.1, -0.05) is 13.8 Å². The summed E-state index contributed by atoms with van der Waals surface area (Å²) in [6.07, 6.45) is 6.43. The van der Waals surface area contributed by atoms with Crippen LogP contribution in [0.25, 0.3) is 0 Å². The highest BCUT2D eigenvalue weighted by atomic mass is 16.3. The molecule has 1 amide bonds. The summed E-state index contributed by atoms with van der Waals surface area (Å²) < 4.78 is 2.03. The Hall–Kier alpha value is -1.36. The highest BCUT2D eigenvalue weighted by Gasteiger charge is 2.33. The molecule has 2 rings (SSSR count). The molecule has 1 aromatic heterocycles. The van der Waals surface area contributed by atoms with Gasteiger partial charge in [0.15, 0.2) is 0 Å². The third kappa shape index (κ3) is 3.64. The molecule has 0 aromatic carbocycles. The van der Waals surface area contributed by atoms with Crippen LogP contribution in [0.15, 0.2) is 6.20 Å². The fourth-order valence-electron chi connectivity index (χ4n) is 2.63. The summed E-state index contributed by atoms with van der Waals surface area (Å²) in [5.74, 6) is 0.437. The maximum Gasteiger partial charge on any atom is 0.254 e. The van der Waals surface area contributed by atoms with E-state index in [4.69, 9.17) is 5.11 Å². The highest BCUT2D eigenvalue weighted by molar-refractivity contribution is 5.95. The lowest BCUT2D eigenvalue weighted by atomic mass is 10.1. The summed E-state index contributed by atoms with van der Waals surface area (Å²) in [5, 5.41) is 16.5. The molecule has 21 heavy (non-hydrogen) atoms. The molecule has 0 radical (unpaired) electrons. The van der Waals surface area contributed by atoms with Gasteiger partial charge in [0.2, 0.25) is 0 Å². The molecule has 2 atom stereocenters. The van der Waals surface area contributed by atoms with Crippen LogP contribution in [-0.4, -0.2) is 33.4 Å².